The number of aromatic nitrogens is 1. The van der Waals surface area contributed by atoms with E-state index in [9.17, 15) is 0 Å². The minimum Gasteiger partial charge on any atom is -0.264 e. The Labute approximate surface area is 73.8 Å². The van der Waals surface area contributed by atoms with Gasteiger partial charge >= 0.3 is 0 Å². The summed E-state index contributed by atoms with van der Waals surface area (Å²) in [6.07, 6.45) is 5.18. The fraction of sp³-hybridized carbons (Fsp3) is 0.545. The number of nitrogens with zero attached hydrogens (tertiary/aromatic N) is 1. The highest BCUT2D eigenvalue weighted by atomic mass is 14.6. The second-order valence-corrected chi connectivity index (χ2v) is 4.45. The lowest BCUT2D eigenvalue weighted by molar-refractivity contribution is 0.488. The summed E-state index contributed by atoms with van der Waals surface area (Å²) in [5, 5.41) is 0. The van der Waals surface area contributed by atoms with Crippen LogP contribution in [0.3, 0.4) is 0 Å². The molecule has 0 saturated carbocycles. The van der Waals surface area contributed by atoms with Gasteiger partial charge in [-0.25, -0.2) is 0 Å². The van der Waals surface area contributed by atoms with Gasteiger partial charge in [0, 0.05) is 12.4 Å². The van der Waals surface area contributed by atoms with Gasteiger partial charge in [-0.2, -0.15) is 0 Å². The van der Waals surface area contributed by atoms with Crippen LogP contribution in [0.15, 0.2) is 18.5 Å². The van der Waals surface area contributed by atoms with Gasteiger partial charge in [0.05, 0.1) is 0 Å². The zero-order valence-electron chi connectivity index (χ0n) is 7.96. The maximum absolute atomic E-state index is 4.19. The van der Waals surface area contributed by atoms with E-state index in [1.54, 1.807) is 0 Å². The molecule has 12 heavy (non-hydrogen) atoms. The average molecular weight is 161 g/mol. The van der Waals surface area contributed by atoms with Crippen LogP contribution >= 0.6 is 0 Å². The van der Waals surface area contributed by atoms with Crippen LogP contribution in [-0.2, 0) is 5.41 Å². The molecule has 0 fully saturated rings. The van der Waals surface area contributed by atoms with Gasteiger partial charge in [0.15, 0.2) is 0 Å². The Morgan fingerprint density at radius 2 is 2.25 bits per heavy atom. The van der Waals surface area contributed by atoms with E-state index in [-0.39, 0.29) is 0 Å². The van der Waals surface area contributed by atoms with Gasteiger partial charge in [0.25, 0.3) is 0 Å². The van der Waals surface area contributed by atoms with Gasteiger partial charge in [0.2, 0.25) is 0 Å². The largest absolute Gasteiger partial charge is 0.264 e. The van der Waals surface area contributed by atoms with Crippen molar-refractivity contribution in [1.82, 2.24) is 4.98 Å². The standard InChI is InChI=1S/C11H15N/c1-8-6-11(2,3)10-7-12-5-4-9(8)10/h4-5,7-8H,6H2,1-3H3. The molecule has 0 N–H and O–H groups in total. The molecule has 1 unspecified atom stereocenters. The Kier molecular flexibility index (Phi) is 1.50. The van der Waals surface area contributed by atoms with E-state index in [0.29, 0.717) is 11.3 Å². The van der Waals surface area contributed by atoms with E-state index in [1.807, 2.05) is 12.4 Å². The highest BCUT2D eigenvalue weighted by Gasteiger charge is 2.34. The van der Waals surface area contributed by atoms with Crippen LogP contribution in [0.2, 0.25) is 0 Å². The third-order valence-corrected chi connectivity index (χ3v) is 2.93. The maximum atomic E-state index is 4.19. The van der Waals surface area contributed by atoms with Crippen molar-refractivity contribution >= 4 is 0 Å². The lowest BCUT2D eigenvalue weighted by Crippen LogP contribution is -2.12. The van der Waals surface area contributed by atoms with E-state index < -0.39 is 0 Å². The Morgan fingerprint density at radius 3 is 2.92 bits per heavy atom. The number of pyridine rings is 1. The second kappa shape index (κ2) is 2.32. The molecule has 1 heterocycles. The first-order valence-electron chi connectivity index (χ1n) is 4.55. The van der Waals surface area contributed by atoms with Crippen LogP contribution < -0.4 is 0 Å². The number of hydrogen-bond acceptors (Lipinski definition) is 1. The van der Waals surface area contributed by atoms with Crippen LogP contribution in [0, 0.1) is 0 Å². The molecule has 1 aromatic rings. The third-order valence-electron chi connectivity index (χ3n) is 2.93. The molecule has 1 aliphatic carbocycles. The maximum Gasteiger partial charge on any atom is 0.0308 e. The summed E-state index contributed by atoms with van der Waals surface area (Å²) in [6, 6.07) is 2.16. The van der Waals surface area contributed by atoms with Crippen molar-refractivity contribution in [2.45, 2.75) is 38.5 Å². The Hall–Kier alpha value is -0.850. The van der Waals surface area contributed by atoms with Crippen LogP contribution in [0.25, 0.3) is 0 Å². The monoisotopic (exact) mass is 161 g/mol. The molecular formula is C11H15N. The average Bonchev–Trinajstić information content (AvgIpc) is 2.25. The smallest absolute Gasteiger partial charge is 0.0308 e. The van der Waals surface area contributed by atoms with Crippen LogP contribution in [-0.4, -0.2) is 4.98 Å². The second-order valence-electron chi connectivity index (χ2n) is 4.45. The third kappa shape index (κ3) is 0.961. The molecule has 1 aromatic heterocycles. The summed E-state index contributed by atoms with van der Waals surface area (Å²) in [6.45, 7) is 6.90. The minimum absolute atomic E-state index is 0.336. The Balaban J connectivity index is 2.58. The summed E-state index contributed by atoms with van der Waals surface area (Å²) in [5.74, 6) is 0.706. The Bertz CT molecular complexity index is 302. The molecule has 0 spiro atoms. The Morgan fingerprint density at radius 1 is 1.50 bits per heavy atom. The predicted molar refractivity (Wildman–Crippen MR) is 50.3 cm³/mol. The molecule has 1 heteroatoms. The van der Waals surface area contributed by atoms with Gasteiger partial charge in [-0.1, -0.05) is 20.8 Å². The first-order chi connectivity index (χ1) is 5.61. The van der Waals surface area contributed by atoms with E-state index in [0.717, 1.165) is 0 Å². The molecule has 0 aromatic carbocycles. The SMILES string of the molecule is CC1CC(C)(C)c2cnccc21. The number of hydrogen-bond donors (Lipinski definition) is 0. The van der Waals surface area contributed by atoms with E-state index in [4.69, 9.17) is 0 Å². The topological polar surface area (TPSA) is 12.9 Å². The summed E-state index contributed by atoms with van der Waals surface area (Å²) in [5.41, 5.74) is 3.27. The van der Waals surface area contributed by atoms with E-state index in [1.165, 1.54) is 17.5 Å². The zero-order chi connectivity index (χ0) is 8.77. The number of rotatable bonds is 0. The van der Waals surface area contributed by atoms with Crippen LogP contribution in [0.1, 0.15) is 44.2 Å². The van der Waals surface area contributed by atoms with Crippen molar-refractivity contribution in [1.29, 1.82) is 0 Å². The quantitative estimate of drug-likeness (QED) is 0.570. The first-order valence-corrected chi connectivity index (χ1v) is 4.55. The molecule has 0 saturated heterocycles. The van der Waals surface area contributed by atoms with Gasteiger partial charge < -0.3 is 0 Å². The predicted octanol–water partition coefficient (Wildman–Crippen LogP) is 2.87. The highest BCUT2D eigenvalue weighted by Crippen LogP contribution is 2.44. The summed E-state index contributed by atoms with van der Waals surface area (Å²) < 4.78 is 0. The molecule has 64 valence electrons. The molecule has 0 amide bonds. The van der Waals surface area contributed by atoms with Crippen molar-refractivity contribution in [3.63, 3.8) is 0 Å². The molecule has 1 aliphatic rings. The van der Waals surface area contributed by atoms with Crippen molar-refractivity contribution in [2.75, 3.05) is 0 Å². The van der Waals surface area contributed by atoms with Crippen LogP contribution in [0.5, 0.6) is 0 Å². The summed E-state index contributed by atoms with van der Waals surface area (Å²) in [4.78, 5) is 4.19. The van der Waals surface area contributed by atoms with Crippen molar-refractivity contribution in [3.8, 4) is 0 Å². The van der Waals surface area contributed by atoms with Gasteiger partial charge in [-0.15, -0.1) is 0 Å². The lowest BCUT2D eigenvalue weighted by Gasteiger charge is -2.17. The van der Waals surface area contributed by atoms with Crippen LogP contribution in [0.4, 0.5) is 0 Å². The van der Waals surface area contributed by atoms with Gasteiger partial charge in [-0.3, -0.25) is 4.98 Å². The summed E-state index contributed by atoms with van der Waals surface area (Å²) in [7, 11) is 0. The zero-order valence-corrected chi connectivity index (χ0v) is 7.96. The van der Waals surface area contributed by atoms with E-state index >= 15 is 0 Å². The van der Waals surface area contributed by atoms with E-state index in [2.05, 4.69) is 31.8 Å². The van der Waals surface area contributed by atoms with Crippen molar-refractivity contribution in [3.05, 3.63) is 29.6 Å². The van der Waals surface area contributed by atoms with Gasteiger partial charge in [0.1, 0.15) is 0 Å². The normalized spacial score (nSPS) is 25.4. The highest BCUT2D eigenvalue weighted by molar-refractivity contribution is 5.38. The fourth-order valence-electron chi connectivity index (χ4n) is 2.39. The molecule has 1 nitrogen and oxygen atoms in total. The molecule has 1 atom stereocenters. The molecule has 0 radical (unpaired) electrons. The lowest BCUT2D eigenvalue weighted by atomic mass is 9.87. The van der Waals surface area contributed by atoms with Crippen molar-refractivity contribution < 1.29 is 0 Å². The molecular weight excluding hydrogens is 146 g/mol. The number of fused-ring (bicyclic) bond motifs is 1. The van der Waals surface area contributed by atoms with Crippen molar-refractivity contribution in [2.24, 2.45) is 0 Å². The molecule has 0 aliphatic heterocycles. The fourth-order valence-corrected chi connectivity index (χ4v) is 2.39. The summed E-state index contributed by atoms with van der Waals surface area (Å²) >= 11 is 0. The molecule has 2 rings (SSSR count). The molecule has 0 bridgehead atoms. The van der Waals surface area contributed by atoms with Gasteiger partial charge in [-0.05, 0) is 34.9 Å². The first kappa shape index (κ1) is 7.78. The minimum atomic E-state index is 0.336.